The number of likely N-dealkylation sites (tertiary alicyclic amines) is 1. The molecule has 3 aliphatic heterocycles. The van der Waals surface area contributed by atoms with Gasteiger partial charge in [0.25, 0.3) is 34.4 Å². The van der Waals surface area contributed by atoms with Crippen LogP contribution in [0.4, 0.5) is 17.1 Å². The van der Waals surface area contributed by atoms with Gasteiger partial charge in [0, 0.05) is 194 Å². The summed E-state index contributed by atoms with van der Waals surface area (Å²) in [5, 5.41) is 9.09. The van der Waals surface area contributed by atoms with E-state index in [0.717, 1.165) is 258 Å². The molecule has 12 rings (SSSR count). The smallest absolute Gasteiger partial charge is 0.253 e. The van der Waals surface area contributed by atoms with E-state index >= 15 is 0 Å². The lowest BCUT2D eigenvalue weighted by Crippen LogP contribution is -2.44. The van der Waals surface area contributed by atoms with E-state index in [9.17, 15) is 28.8 Å². The van der Waals surface area contributed by atoms with E-state index in [1.165, 1.54) is 12.8 Å². The zero-order valence-corrected chi connectivity index (χ0v) is 78.3. The van der Waals surface area contributed by atoms with E-state index in [-0.39, 0.29) is 61.5 Å². The summed E-state index contributed by atoms with van der Waals surface area (Å²) < 4.78 is 22.3. The first-order valence-electron chi connectivity index (χ1n) is 45.9. The van der Waals surface area contributed by atoms with Gasteiger partial charge in [-0.1, -0.05) is 56.6 Å². The predicted molar refractivity (Wildman–Crippen MR) is 514 cm³/mol. The first-order chi connectivity index (χ1) is 60.1. The molecule has 0 unspecified atom stereocenters. The summed E-state index contributed by atoms with van der Waals surface area (Å²) in [5.74, 6) is 14.3. The van der Waals surface area contributed by atoms with Crippen LogP contribution in [0.3, 0.4) is 0 Å². The number of morpholine rings is 1. The van der Waals surface area contributed by atoms with Gasteiger partial charge in [-0.2, -0.15) is 0 Å². The molecule has 3 saturated heterocycles. The van der Waals surface area contributed by atoms with Crippen LogP contribution in [0.5, 0.6) is 5.75 Å². The van der Waals surface area contributed by atoms with Gasteiger partial charge in [0.1, 0.15) is 5.75 Å². The summed E-state index contributed by atoms with van der Waals surface area (Å²) in [4.78, 5) is 104. The zero-order chi connectivity index (χ0) is 90.0. The number of aromatic nitrogens is 3. The van der Waals surface area contributed by atoms with Crippen molar-refractivity contribution >= 4 is 34.8 Å². The average molecular weight is 1730 g/mol. The quantitative estimate of drug-likeness (QED) is 0.0188. The third-order valence-corrected chi connectivity index (χ3v) is 26.2. The number of pyridine rings is 3. The van der Waals surface area contributed by atoms with Gasteiger partial charge in [0.05, 0.1) is 33.0 Å². The SMILES string of the molecule is C.CCCCOc1ccc(-c2cc(C(=O)NCc3c(C)cc(C)[nH]c3=O)c(C)c(N(CC)C3CCC(N(C)C)CC3)c2)cc1.CCN(c1cc(C#CC2CCN(C)CC2)cc(C(=O)NCc2c(C)cc(C)[nH]c2=O)c1C)C1CCOCC1.CCN(c1cc(C#CCN2CCOCC2)cc(C(=O)NCc2c(C)cc(C)[nH]c2=O)c1C)C1CCC(N(C)CCOC)CC1. The number of aryl methyl sites for hydroxylation is 6. The minimum absolute atomic E-state index is 0. The summed E-state index contributed by atoms with van der Waals surface area (Å²) in [6.45, 7) is 39.2. The Bertz CT molecular complexity index is 5070. The average Bonchev–Trinajstić information content (AvgIpc) is 0.792. The van der Waals surface area contributed by atoms with Crippen molar-refractivity contribution in [1.82, 2.24) is 50.5 Å². The molecule has 5 aliphatic rings. The summed E-state index contributed by atoms with van der Waals surface area (Å²) in [7, 11) is 10.5. The van der Waals surface area contributed by atoms with E-state index in [1.54, 1.807) is 7.11 Å². The fourth-order valence-corrected chi connectivity index (χ4v) is 18.5. The number of unbranched alkanes of at least 4 members (excludes halogenated alkanes) is 1. The van der Waals surface area contributed by atoms with Gasteiger partial charge < -0.3 is 79.2 Å². The van der Waals surface area contributed by atoms with Crippen molar-refractivity contribution in [2.45, 2.75) is 237 Å². The maximum Gasteiger partial charge on any atom is 0.253 e. The Morgan fingerprint density at radius 1 is 0.484 bits per heavy atom. The standard InChI is InChI=1S/C36H50N4O3.C35H51N5O4.C31H42N4O3.CH4/c1-8-10-19-43-31-17-11-27(12-18-31)28-21-32(35(41)37-23-33-24(3)20-25(4)38-36(33)42)26(5)34(22-28)40(9-2)30-15-13-29(14-16-30)39(6)7;1-7-40(30-12-10-29(11-13-30)38(5)15-18-43-6)33-23-28(9-8-14-39-16-19-44-20-17-39)22-31(27(33)4)34(41)36-24-32-25(2)21-26(3)37-35(32)42;1-6-35(26-11-15-38-16-12-26)29-19-25(8-7-24-9-13-34(5)14-10-24)18-27(23(29)4)30(36)32-20-28-21(2)17-22(3)33-31(28)37;/h11-12,17-18,20-22,29-30H,8-10,13-16,19,23H2,1-7H3,(H,37,41)(H,38,42);21-23,29-30H,7,10-20,24H2,1-6H3,(H,36,41)(H,37,42);17-19,24,26H,6,9-16,20H2,1-5H3,(H,32,36)(H,33,37);1H4. The molecule has 0 spiro atoms. The highest BCUT2D eigenvalue weighted by molar-refractivity contribution is 6.00. The second-order valence-electron chi connectivity index (χ2n) is 35.2. The van der Waals surface area contributed by atoms with Gasteiger partial charge in [0.15, 0.2) is 0 Å². The highest BCUT2D eigenvalue weighted by atomic mass is 16.5. The van der Waals surface area contributed by atoms with Gasteiger partial charge >= 0.3 is 0 Å². The largest absolute Gasteiger partial charge is 0.494 e. The van der Waals surface area contributed by atoms with Gasteiger partial charge in [-0.25, -0.2) is 0 Å². The molecule has 0 radical (unpaired) electrons. The lowest BCUT2D eigenvalue weighted by molar-refractivity contribution is 0.0443. The van der Waals surface area contributed by atoms with Crippen molar-refractivity contribution < 1.29 is 33.3 Å². The lowest BCUT2D eigenvalue weighted by atomic mass is 9.88. The third kappa shape index (κ3) is 27.4. The number of anilines is 3. The van der Waals surface area contributed by atoms with E-state index in [0.29, 0.717) is 82.7 Å². The number of hydrogen-bond acceptors (Lipinski definition) is 17. The molecule has 126 heavy (non-hydrogen) atoms. The summed E-state index contributed by atoms with van der Waals surface area (Å²) >= 11 is 0. The molecule has 3 aromatic heterocycles. The molecule has 6 N–H and O–H groups in total. The van der Waals surface area contributed by atoms with Crippen LogP contribution in [0.15, 0.2) is 93.2 Å². The maximum atomic E-state index is 13.8. The van der Waals surface area contributed by atoms with Gasteiger partial charge in [0.2, 0.25) is 0 Å². The predicted octanol–water partition coefficient (Wildman–Crippen LogP) is 15.0. The number of rotatable bonds is 29. The maximum absolute atomic E-state index is 13.8. The van der Waals surface area contributed by atoms with Crippen LogP contribution in [0.1, 0.15) is 234 Å². The Morgan fingerprint density at radius 3 is 1.33 bits per heavy atom. The molecular formula is C103H147N13O10. The number of aromatic amines is 3. The Labute approximate surface area is 751 Å². The second kappa shape index (κ2) is 48.9. The van der Waals surface area contributed by atoms with Crippen molar-refractivity contribution in [3.8, 4) is 40.6 Å². The molecular weight excluding hydrogens is 1580 g/mol. The van der Waals surface area contributed by atoms with E-state index < -0.39 is 0 Å². The van der Waals surface area contributed by atoms with Crippen molar-refractivity contribution in [2.75, 3.05) is 149 Å². The van der Waals surface area contributed by atoms with Crippen molar-refractivity contribution in [1.29, 1.82) is 0 Å². The van der Waals surface area contributed by atoms with E-state index in [1.807, 2.05) is 104 Å². The van der Waals surface area contributed by atoms with Crippen LogP contribution in [0.25, 0.3) is 11.1 Å². The number of ether oxygens (including phenoxy) is 4. The fraction of sp³-hybridized carbons (Fsp3) is 0.553. The van der Waals surface area contributed by atoms with Crippen LogP contribution >= 0.6 is 0 Å². The molecule has 3 amide bonds. The van der Waals surface area contributed by atoms with Gasteiger partial charge in [-0.15, -0.1) is 0 Å². The highest BCUT2D eigenvalue weighted by Crippen LogP contribution is 2.39. The monoisotopic (exact) mass is 1730 g/mol. The zero-order valence-electron chi connectivity index (χ0n) is 78.3. The minimum Gasteiger partial charge on any atom is -0.494 e. The molecule has 0 bridgehead atoms. The Hall–Kier alpha value is -9.82. The molecule has 2 aliphatic carbocycles. The first-order valence-corrected chi connectivity index (χ1v) is 45.9. The first kappa shape index (κ1) is 99.9. The number of carbonyl (C=O) groups is 3. The van der Waals surface area contributed by atoms with Crippen LogP contribution in [0.2, 0.25) is 0 Å². The highest BCUT2D eigenvalue weighted by Gasteiger charge is 2.33. The molecule has 5 fully saturated rings. The number of nitrogens with one attached hydrogen (secondary N) is 6. The third-order valence-electron chi connectivity index (χ3n) is 26.2. The molecule has 4 aromatic carbocycles. The minimum atomic E-state index is -0.195. The second-order valence-corrected chi connectivity index (χ2v) is 35.2. The molecule has 2 saturated carbocycles. The number of H-pyrrole nitrogens is 3. The number of benzene rings is 4. The van der Waals surface area contributed by atoms with Crippen LogP contribution < -0.4 is 52.1 Å². The Kier molecular flexibility index (Phi) is 38.8. The van der Waals surface area contributed by atoms with Crippen LogP contribution in [-0.2, 0) is 33.8 Å². The number of likely N-dealkylation sites (N-methyl/N-ethyl adjacent to an activating group) is 1. The van der Waals surface area contributed by atoms with E-state index in [2.05, 4.69) is 182 Å². The van der Waals surface area contributed by atoms with Gasteiger partial charge in [-0.3, -0.25) is 33.7 Å². The number of methoxy groups -OCH3 is 1. The Morgan fingerprint density at radius 2 is 0.897 bits per heavy atom. The molecule has 6 heterocycles. The summed E-state index contributed by atoms with van der Waals surface area (Å²) in [5.41, 5.74) is 18.0. The number of hydrogen-bond donors (Lipinski definition) is 6. The topological polar surface area (TPSA) is 245 Å². The molecule has 23 nitrogen and oxygen atoms in total. The van der Waals surface area contributed by atoms with Crippen LogP contribution in [-0.4, -0.2) is 216 Å². The normalized spacial score (nSPS) is 17.5. The number of carbonyl (C=O) groups excluding carboxylic acids is 3. The van der Waals surface area contributed by atoms with Crippen molar-refractivity contribution in [3.05, 3.63) is 205 Å². The fourth-order valence-electron chi connectivity index (χ4n) is 18.5. The molecule has 23 heteroatoms. The molecule has 0 atom stereocenters. The number of amides is 3. The molecule has 7 aromatic rings. The van der Waals surface area contributed by atoms with Gasteiger partial charge in [-0.05, 0) is 319 Å². The number of nitrogens with zero attached hydrogens (tertiary/aromatic N) is 7. The van der Waals surface area contributed by atoms with Crippen LogP contribution in [0, 0.1) is 91.9 Å². The molecule has 684 valence electrons. The van der Waals surface area contributed by atoms with Crippen molar-refractivity contribution in [2.24, 2.45) is 5.92 Å². The summed E-state index contributed by atoms with van der Waals surface area (Å²) in [6.07, 6.45) is 15.3. The van der Waals surface area contributed by atoms with E-state index in [4.69, 9.17) is 18.9 Å². The Balaban J connectivity index is 0.000000214. The lowest BCUT2D eigenvalue weighted by Gasteiger charge is -2.41. The summed E-state index contributed by atoms with van der Waals surface area (Å²) in [6, 6.07) is 28.7. The van der Waals surface area contributed by atoms with Crippen molar-refractivity contribution in [3.63, 3.8) is 0 Å². The number of piperidine rings is 1.